The second-order valence-electron chi connectivity index (χ2n) is 7.53. The number of likely N-dealkylation sites (N-methyl/N-ethyl adjacent to an activating group) is 1. The van der Waals surface area contributed by atoms with Crippen LogP contribution in [0.25, 0.3) is 0 Å². The number of hydrogen-bond donors (Lipinski definition) is 0. The van der Waals surface area contributed by atoms with Gasteiger partial charge in [0.15, 0.2) is 0 Å². The van der Waals surface area contributed by atoms with Crippen LogP contribution in [0.5, 0.6) is 0 Å². The van der Waals surface area contributed by atoms with Gasteiger partial charge in [0.25, 0.3) is 0 Å². The highest BCUT2D eigenvalue weighted by Crippen LogP contribution is 2.43. The topological polar surface area (TPSA) is 3.24 Å². The Bertz CT molecular complexity index is 749. The molecule has 2 heterocycles. The number of hydrogen-bond acceptors (Lipinski definition) is 2. The van der Waals surface area contributed by atoms with Crippen molar-refractivity contribution >= 4 is 27.7 Å². The van der Waals surface area contributed by atoms with Gasteiger partial charge in [-0.15, -0.1) is 0 Å². The fraction of sp³-hybridized carbons (Fsp3) is 0.400. The van der Waals surface area contributed by atoms with E-state index in [0.29, 0.717) is 6.04 Å². The van der Waals surface area contributed by atoms with Crippen LogP contribution in [0.1, 0.15) is 17.2 Å². The Morgan fingerprint density at radius 1 is 1.04 bits per heavy atom. The number of quaternary nitrogens is 1. The molecule has 2 aromatic carbocycles. The molecule has 0 aliphatic carbocycles. The molecule has 2 aromatic rings. The van der Waals surface area contributed by atoms with E-state index in [1.807, 2.05) is 11.8 Å². The first-order valence-electron chi connectivity index (χ1n) is 8.63. The normalized spacial score (nSPS) is 23.2. The van der Waals surface area contributed by atoms with Crippen LogP contribution in [-0.4, -0.2) is 49.7 Å². The minimum Gasteiger partial charge on any atom is -0.326 e. The molecule has 2 aliphatic heterocycles. The zero-order chi connectivity index (χ0) is 16.7. The summed E-state index contributed by atoms with van der Waals surface area (Å²) >= 11 is 5.62. The van der Waals surface area contributed by atoms with Gasteiger partial charge in [-0.1, -0.05) is 45.9 Å². The molecular weight excluding hydrogens is 380 g/mol. The Balaban J connectivity index is 1.74. The standard InChI is InChI=1S/C20H24BrN2S/c1-23(2)11-9-22(10-12-23)18-13-15-5-3-4-6-19(15)24-20-8-7-16(21)14-17(18)20/h3-8,14,18H,9-13H2,1-2H3/q+1. The molecular formula is C20H24BrN2S+. The summed E-state index contributed by atoms with van der Waals surface area (Å²) in [6.45, 7) is 4.82. The molecule has 0 aromatic heterocycles. The van der Waals surface area contributed by atoms with Gasteiger partial charge in [-0.2, -0.15) is 0 Å². The molecule has 2 aliphatic rings. The summed E-state index contributed by atoms with van der Waals surface area (Å²) in [4.78, 5) is 5.53. The third kappa shape index (κ3) is 3.30. The largest absolute Gasteiger partial charge is 0.326 e. The van der Waals surface area contributed by atoms with E-state index in [1.54, 1.807) is 0 Å². The maximum atomic E-state index is 3.69. The molecule has 1 unspecified atom stereocenters. The van der Waals surface area contributed by atoms with Gasteiger partial charge in [0.2, 0.25) is 0 Å². The molecule has 0 amide bonds. The first kappa shape index (κ1) is 16.6. The predicted octanol–water partition coefficient (Wildman–Crippen LogP) is 4.59. The quantitative estimate of drug-likeness (QED) is 0.640. The van der Waals surface area contributed by atoms with Crippen molar-refractivity contribution in [3.8, 4) is 0 Å². The van der Waals surface area contributed by atoms with Crippen LogP contribution in [0.4, 0.5) is 0 Å². The maximum absolute atomic E-state index is 3.69. The molecule has 0 N–H and O–H groups in total. The Morgan fingerprint density at radius 2 is 1.79 bits per heavy atom. The van der Waals surface area contributed by atoms with Gasteiger partial charge in [0.05, 0.1) is 27.2 Å². The molecule has 1 atom stereocenters. The SMILES string of the molecule is C[N+]1(C)CCN(C2Cc3ccccc3Sc3ccc(Br)cc32)CC1. The van der Waals surface area contributed by atoms with E-state index in [2.05, 4.69) is 77.4 Å². The minimum absolute atomic E-state index is 0.481. The first-order valence-corrected chi connectivity index (χ1v) is 10.2. The molecule has 1 saturated heterocycles. The summed E-state index contributed by atoms with van der Waals surface area (Å²) in [6.07, 6.45) is 1.11. The monoisotopic (exact) mass is 403 g/mol. The number of nitrogens with zero attached hydrogens (tertiary/aromatic N) is 2. The van der Waals surface area contributed by atoms with Crippen molar-refractivity contribution in [3.63, 3.8) is 0 Å². The van der Waals surface area contributed by atoms with Crippen LogP contribution >= 0.6 is 27.7 Å². The zero-order valence-electron chi connectivity index (χ0n) is 14.3. The van der Waals surface area contributed by atoms with Crippen molar-refractivity contribution < 1.29 is 4.48 Å². The second-order valence-corrected chi connectivity index (χ2v) is 9.53. The maximum Gasteiger partial charge on any atom is 0.0912 e. The summed E-state index contributed by atoms with van der Waals surface area (Å²) in [5.41, 5.74) is 2.97. The fourth-order valence-electron chi connectivity index (χ4n) is 3.74. The molecule has 1 fully saturated rings. The van der Waals surface area contributed by atoms with E-state index in [-0.39, 0.29) is 0 Å². The highest BCUT2D eigenvalue weighted by molar-refractivity contribution is 9.10. The van der Waals surface area contributed by atoms with E-state index >= 15 is 0 Å². The highest BCUT2D eigenvalue weighted by Gasteiger charge is 2.32. The van der Waals surface area contributed by atoms with Crippen LogP contribution in [0, 0.1) is 0 Å². The third-order valence-electron chi connectivity index (χ3n) is 5.36. The molecule has 4 heteroatoms. The third-order valence-corrected chi connectivity index (χ3v) is 7.07. The average Bonchev–Trinajstić information content (AvgIpc) is 2.71. The smallest absolute Gasteiger partial charge is 0.0912 e. The van der Waals surface area contributed by atoms with Crippen molar-refractivity contribution in [3.05, 3.63) is 58.1 Å². The highest BCUT2D eigenvalue weighted by atomic mass is 79.9. The van der Waals surface area contributed by atoms with E-state index in [4.69, 9.17) is 0 Å². The van der Waals surface area contributed by atoms with Crippen molar-refractivity contribution in [2.75, 3.05) is 40.3 Å². The molecule has 0 saturated carbocycles. The van der Waals surface area contributed by atoms with Gasteiger partial charge in [-0.3, -0.25) is 4.90 Å². The lowest BCUT2D eigenvalue weighted by molar-refractivity contribution is -0.894. The lowest BCUT2D eigenvalue weighted by Gasteiger charge is -2.42. The summed E-state index contributed by atoms with van der Waals surface area (Å²) in [7, 11) is 4.69. The van der Waals surface area contributed by atoms with Crippen molar-refractivity contribution in [2.24, 2.45) is 0 Å². The zero-order valence-corrected chi connectivity index (χ0v) is 16.7. The molecule has 0 radical (unpaired) electrons. The van der Waals surface area contributed by atoms with Crippen molar-refractivity contribution in [2.45, 2.75) is 22.3 Å². The Hall–Kier alpha value is -0.810. The second kappa shape index (κ2) is 6.49. The van der Waals surface area contributed by atoms with Crippen molar-refractivity contribution in [1.29, 1.82) is 0 Å². The number of rotatable bonds is 1. The number of fused-ring (bicyclic) bond motifs is 2. The minimum atomic E-state index is 0.481. The van der Waals surface area contributed by atoms with Gasteiger partial charge >= 0.3 is 0 Å². The van der Waals surface area contributed by atoms with Crippen LogP contribution in [0.3, 0.4) is 0 Å². The van der Waals surface area contributed by atoms with Gasteiger partial charge in [0, 0.05) is 33.4 Å². The number of piperazine rings is 1. The fourth-order valence-corrected chi connectivity index (χ4v) is 5.23. The Labute approximate surface area is 157 Å². The van der Waals surface area contributed by atoms with Gasteiger partial charge < -0.3 is 4.48 Å². The first-order chi connectivity index (χ1) is 11.5. The molecule has 24 heavy (non-hydrogen) atoms. The molecule has 0 spiro atoms. The predicted molar refractivity (Wildman–Crippen MR) is 105 cm³/mol. The van der Waals surface area contributed by atoms with Crippen molar-refractivity contribution in [1.82, 2.24) is 4.90 Å². The van der Waals surface area contributed by atoms with Crippen LogP contribution in [0.2, 0.25) is 0 Å². The summed E-state index contributed by atoms with van der Waals surface area (Å²) in [5.74, 6) is 0. The molecule has 126 valence electrons. The van der Waals surface area contributed by atoms with Crippen LogP contribution < -0.4 is 0 Å². The van der Waals surface area contributed by atoms with Gasteiger partial charge in [-0.25, -0.2) is 0 Å². The summed E-state index contributed by atoms with van der Waals surface area (Å²) in [6, 6.07) is 16.2. The molecule has 2 nitrogen and oxygen atoms in total. The lowest BCUT2D eigenvalue weighted by atomic mass is 9.96. The molecule has 4 rings (SSSR count). The summed E-state index contributed by atoms with van der Waals surface area (Å²) in [5, 5.41) is 0. The van der Waals surface area contributed by atoms with Gasteiger partial charge in [0.1, 0.15) is 0 Å². The average molecular weight is 404 g/mol. The van der Waals surface area contributed by atoms with E-state index < -0.39 is 0 Å². The summed E-state index contributed by atoms with van der Waals surface area (Å²) < 4.78 is 2.32. The van der Waals surface area contributed by atoms with Gasteiger partial charge in [-0.05, 0) is 41.8 Å². The van der Waals surface area contributed by atoms with E-state index in [9.17, 15) is 0 Å². The van der Waals surface area contributed by atoms with Crippen LogP contribution in [-0.2, 0) is 6.42 Å². The van der Waals surface area contributed by atoms with Crippen LogP contribution in [0.15, 0.2) is 56.7 Å². The molecule has 0 bridgehead atoms. The Kier molecular flexibility index (Phi) is 4.50. The van der Waals surface area contributed by atoms with E-state index in [1.165, 1.54) is 51.6 Å². The number of halogens is 1. The number of benzene rings is 2. The van der Waals surface area contributed by atoms with E-state index in [0.717, 1.165) is 10.9 Å². The lowest BCUT2D eigenvalue weighted by Crippen LogP contribution is -2.55. The Morgan fingerprint density at radius 3 is 2.58 bits per heavy atom.